The van der Waals surface area contributed by atoms with E-state index in [0.29, 0.717) is 27.0 Å². The van der Waals surface area contributed by atoms with Crippen LogP contribution in [0, 0.1) is 11.8 Å². The fourth-order valence-electron chi connectivity index (χ4n) is 2.90. The Kier molecular flexibility index (Phi) is 8.65. The Balaban J connectivity index is 1.57. The molecule has 0 aliphatic carbocycles. The Bertz CT molecular complexity index is 551. The highest BCUT2D eigenvalue weighted by Crippen LogP contribution is 2.21. The monoisotopic (exact) mass is 356 g/mol. The van der Waals surface area contributed by atoms with Crippen LogP contribution in [0.2, 0.25) is 0 Å². The minimum atomic E-state index is 0.284. The van der Waals surface area contributed by atoms with Gasteiger partial charge < -0.3 is 9.47 Å². The Morgan fingerprint density at radius 1 is 0.692 bits per heavy atom. The third-order valence-electron chi connectivity index (χ3n) is 4.62. The van der Waals surface area contributed by atoms with Crippen LogP contribution in [0.5, 0.6) is 0 Å². The lowest BCUT2D eigenvalue weighted by molar-refractivity contribution is 0.105. The van der Waals surface area contributed by atoms with Crippen molar-refractivity contribution in [3.05, 3.63) is 71.8 Å². The Morgan fingerprint density at radius 3 is 1.50 bits per heavy atom. The standard InChI is InChI=1S/C24H34O2/c1-21(11-9-17-25-19-23-13-5-3-6-14-23)22(2)12-10-18-26-20-24-15-7-4-8-16-24/h3-8,13-16,21-22H,9-12,17-20H2,1-2H3/i1D,2D. The summed E-state index contributed by atoms with van der Waals surface area (Å²) in [6, 6.07) is 20.4. The van der Waals surface area contributed by atoms with Gasteiger partial charge in [0.2, 0.25) is 0 Å². The van der Waals surface area contributed by atoms with Crippen LogP contribution in [-0.2, 0) is 22.7 Å². The van der Waals surface area contributed by atoms with Crippen molar-refractivity contribution in [3.8, 4) is 0 Å². The number of hydrogen-bond acceptors (Lipinski definition) is 2. The average Bonchev–Trinajstić information content (AvgIpc) is 2.75. The molecule has 26 heavy (non-hydrogen) atoms. The summed E-state index contributed by atoms with van der Waals surface area (Å²) in [5, 5.41) is 0. The van der Waals surface area contributed by atoms with Gasteiger partial charge in [0.05, 0.1) is 13.2 Å². The molecule has 0 radical (unpaired) electrons. The normalized spacial score (nSPS) is 14.5. The van der Waals surface area contributed by atoms with Crippen LogP contribution in [0.4, 0.5) is 0 Å². The highest BCUT2D eigenvalue weighted by molar-refractivity contribution is 5.14. The zero-order valence-corrected chi connectivity index (χ0v) is 15.8. The van der Waals surface area contributed by atoms with Crippen molar-refractivity contribution in [3.63, 3.8) is 0 Å². The second kappa shape index (κ2) is 12.7. The summed E-state index contributed by atoms with van der Waals surface area (Å²) in [7, 11) is 0. The van der Waals surface area contributed by atoms with Crippen LogP contribution < -0.4 is 0 Å². The molecule has 2 atom stereocenters. The molecule has 0 heterocycles. The first-order valence-electron chi connectivity index (χ1n) is 11.1. The van der Waals surface area contributed by atoms with Crippen LogP contribution in [0.1, 0.15) is 53.4 Å². The minimum absolute atomic E-state index is 0.284. The molecule has 0 aliphatic heterocycles. The summed E-state index contributed by atoms with van der Waals surface area (Å²) in [6.45, 7) is 3.52. The van der Waals surface area contributed by atoms with Gasteiger partial charge in [-0.2, -0.15) is 0 Å². The Labute approximate surface area is 162 Å². The maximum absolute atomic E-state index is 7.88. The van der Waals surface area contributed by atoms with Gasteiger partial charge in [-0.25, -0.2) is 0 Å². The highest BCUT2D eigenvalue weighted by Gasteiger charge is 2.11. The average molecular weight is 357 g/mol. The van der Waals surface area contributed by atoms with Crippen LogP contribution in [-0.4, -0.2) is 13.2 Å². The Hall–Kier alpha value is -1.64. The maximum Gasteiger partial charge on any atom is 0.0716 e. The fraction of sp³-hybridized carbons (Fsp3) is 0.500. The molecule has 0 fully saturated rings. The topological polar surface area (TPSA) is 18.5 Å². The molecule has 0 aliphatic rings. The summed E-state index contributed by atoms with van der Waals surface area (Å²) in [4.78, 5) is 0. The quantitative estimate of drug-likeness (QED) is 0.395. The van der Waals surface area contributed by atoms with Gasteiger partial charge in [0, 0.05) is 16.0 Å². The first kappa shape index (κ1) is 17.8. The third kappa shape index (κ3) is 8.64. The van der Waals surface area contributed by atoms with Gasteiger partial charge in [0.1, 0.15) is 0 Å². The highest BCUT2D eigenvalue weighted by atomic mass is 16.5. The van der Waals surface area contributed by atoms with Crippen molar-refractivity contribution in [2.75, 3.05) is 13.2 Å². The van der Waals surface area contributed by atoms with Gasteiger partial charge in [-0.3, -0.25) is 0 Å². The third-order valence-corrected chi connectivity index (χ3v) is 4.62. The lowest BCUT2D eigenvalue weighted by Gasteiger charge is -2.20. The van der Waals surface area contributed by atoms with E-state index in [1.54, 1.807) is 0 Å². The van der Waals surface area contributed by atoms with Crippen molar-refractivity contribution >= 4 is 0 Å². The lowest BCUT2D eigenvalue weighted by atomic mass is 9.88. The van der Waals surface area contributed by atoms with Crippen LogP contribution in [0.25, 0.3) is 0 Å². The number of ether oxygens (including phenoxy) is 2. The van der Waals surface area contributed by atoms with E-state index in [-0.39, 0.29) is 11.8 Å². The zero-order chi connectivity index (χ0) is 19.9. The van der Waals surface area contributed by atoms with E-state index in [1.807, 2.05) is 36.4 Å². The minimum Gasteiger partial charge on any atom is -0.377 e. The van der Waals surface area contributed by atoms with E-state index in [2.05, 4.69) is 24.3 Å². The predicted octanol–water partition coefficient (Wildman–Crippen LogP) is 6.25. The van der Waals surface area contributed by atoms with E-state index in [0.717, 1.165) is 38.9 Å². The summed E-state index contributed by atoms with van der Waals surface area (Å²) in [5.74, 6) is 0.568. The van der Waals surface area contributed by atoms with Crippen LogP contribution in [0.3, 0.4) is 0 Å². The molecular weight excluding hydrogens is 320 g/mol. The van der Waals surface area contributed by atoms with Crippen LogP contribution in [0.15, 0.2) is 60.7 Å². The second-order valence-electron chi connectivity index (χ2n) is 6.88. The Morgan fingerprint density at radius 2 is 1.12 bits per heavy atom. The molecule has 2 unspecified atom stereocenters. The maximum atomic E-state index is 7.88. The molecule has 142 valence electrons. The molecule has 0 spiro atoms. The summed E-state index contributed by atoms with van der Waals surface area (Å²) < 4.78 is 27.3. The van der Waals surface area contributed by atoms with Crippen molar-refractivity contribution in [2.45, 2.75) is 52.7 Å². The summed E-state index contributed by atoms with van der Waals surface area (Å²) in [6.07, 6.45) is 3.84. The molecule has 0 saturated heterocycles. The molecule has 2 aromatic carbocycles. The molecule has 0 N–H and O–H groups in total. The van der Waals surface area contributed by atoms with Crippen molar-refractivity contribution in [2.24, 2.45) is 11.8 Å². The van der Waals surface area contributed by atoms with Gasteiger partial charge in [-0.15, -0.1) is 0 Å². The van der Waals surface area contributed by atoms with Crippen molar-refractivity contribution in [1.82, 2.24) is 0 Å². The molecule has 2 heteroatoms. The van der Waals surface area contributed by atoms with Crippen LogP contribution >= 0.6 is 0 Å². The summed E-state index contributed by atoms with van der Waals surface area (Å²) >= 11 is 0. The number of hydrogen-bond donors (Lipinski definition) is 0. The van der Waals surface area contributed by atoms with E-state index in [4.69, 9.17) is 12.2 Å². The molecular formula is C24H34O2. The van der Waals surface area contributed by atoms with Gasteiger partial charge >= 0.3 is 0 Å². The van der Waals surface area contributed by atoms with Gasteiger partial charge in [0.25, 0.3) is 0 Å². The molecule has 0 amide bonds. The molecule has 0 bridgehead atoms. The smallest absolute Gasteiger partial charge is 0.0716 e. The molecule has 2 rings (SSSR count). The molecule has 2 nitrogen and oxygen atoms in total. The molecule has 2 aromatic rings. The number of benzene rings is 2. The van der Waals surface area contributed by atoms with E-state index in [1.165, 1.54) is 11.1 Å². The first-order valence-corrected chi connectivity index (χ1v) is 9.65. The predicted molar refractivity (Wildman–Crippen MR) is 109 cm³/mol. The van der Waals surface area contributed by atoms with Gasteiger partial charge in [0.15, 0.2) is 0 Å². The van der Waals surface area contributed by atoms with E-state index < -0.39 is 0 Å². The summed E-state index contributed by atoms with van der Waals surface area (Å²) in [5.41, 5.74) is 2.39. The SMILES string of the molecule is [2H]CC(CCCOCc1ccccc1)C(C[2H])CCCOCc1ccccc1. The molecule has 0 saturated carbocycles. The van der Waals surface area contributed by atoms with Gasteiger partial charge in [-0.1, -0.05) is 74.5 Å². The fourth-order valence-corrected chi connectivity index (χ4v) is 2.90. The van der Waals surface area contributed by atoms with Gasteiger partial charge in [-0.05, 0) is 48.6 Å². The van der Waals surface area contributed by atoms with E-state index in [9.17, 15) is 0 Å². The first-order chi connectivity index (χ1) is 13.8. The largest absolute Gasteiger partial charge is 0.377 e. The van der Waals surface area contributed by atoms with Crippen molar-refractivity contribution in [1.29, 1.82) is 0 Å². The second-order valence-corrected chi connectivity index (χ2v) is 6.88. The lowest BCUT2D eigenvalue weighted by Crippen LogP contribution is -2.10. The van der Waals surface area contributed by atoms with E-state index >= 15 is 0 Å². The number of rotatable bonds is 13. The van der Waals surface area contributed by atoms with Crippen molar-refractivity contribution < 1.29 is 12.2 Å². The zero-order valence-electron chi connectivity index (χ0n) is 17.8. The molecule has 0 aromatic heterocycles.